The average molecular weight is 419 g/mol. The molecule has 3 N–H and O–H groups in total. The zero-order chi connectivity index (χ0) is 15.4. The monoisotopic (exact) mass is 417 g/mol. The first-order chi connectivity index (χ1) is 9.95. The summed E-state index contributed by atoms with van der Waals surface area (Å²) in [5.41, 5.74) is 6.78. The third kappa shape index (κ3) is 5.06. The highest BCUT2D eigenvalue weighted by atomic mass is 79.9. The number of benzene rings is 1. The molecule has 1 amide bonds. The van der Waals surface area contributed by atoms with E-state index >= 15 is 0 Å². The molecule has 2 atom stereocenters. The summed E-state index contributed by atoms with van der Waals surface area (Å²) in [7, 11) is 0. The lowest BCUT2D eigenvalue weighted by molar-refractivity contribution is -0.117. The topological polar surface area (TPSA) is 58.4 Å². The summed E-state index contributed by atoms with van der Waals surface area (Å²) in [4.78, 5) is 14.4. The quantitative estimate of drug-likeness (QED) is 0.789. The van der Waals surface area contributed by atoms with Gasteiger partial charge in [0.1, 0.15) is 0 Å². The van der Waals surface area contributed by atoms with Gasteiger partial charge >= 0.3 is 0 Å². The zero-order valence-electron chi connectivity index (χ0n) is 12.1. The number of halogens is 2. The number of nitrogens with one attached hydrogen (secondary N) is 1. The fourth-order valence-electron chi connectivity index (χ4n) is 2.65. The summed E-state index contributed by atoms with van der Waals surface area (Å²) >= 11 is 6.85. The van der Waals surface area contributed by atoms with Crippen molar-refractivity contribution in [1.29, 1.82) is 0 Å². The molecule has 0 bridgehead atoms. The number of rotatable bonds is 4. The number of hydrogen-bond acceptors (Lipinski definition) is 3. The summed E-state index contributed by atoms with van der Waals surface area (Å²) in [5, 5.41) is 2.95. The molecule has 6 heteroatoms. The molecular formula is C15H21Br2N3O. The van der Waals surface area contributed by atoms with Crippen molar-refractivity contribution in [3.63, 3.8) is 0 Å². The van der Waals surface area contributed by atoms with Crippen LogP contribution >= 0.6 is 31.9 Å². The Labute approximate surface area is 142 Å². The number of piperidine rings is 1. The molecule has 0 aromatic heterocycles. The van der Waals surface area contributed by atoms with Gasteiger partial charge in [0, 0.05) is 21.5 Å². The van der Waals surface area contributed by atoms with E-state index in [1.807, 2.05) is 25.1 Å². The van der Waals surface area contributed by atoms with Gasteiger partial charge in [0.05, 0.1) is 12.2 Å². The van der Waals surface area contributed by atoms with Gasteiger partial charge in [-0.05, 0) is 66.4 Å². The lowest BCUT2D eigenvalue weighted by Gasteiger charge is -2.34. The number of anilines is 1. The molecule has 2 rings (SSSR count). The van der Waals surface area contributed by atoms with E-state index < -0.39 is 0 Å². The number of carbonyl (C=O) groups is 1. The molecule has 0 aliphatic carbocycles. The van der Waals surface area contributed by atoms with Crippen LogP contribution in [-0.2, 0) is 4.79 Å². The minimum atomic E-state index is 0.0170. The molecule has 0 saturated carbocycles. The largest absolute Gasteiger partial charge is 0.328 e. The molecular weight excluding hydrogens is 398 g/mol. The second-order valence-electron chi connectivity index (χ2n) is 5.67. The molecule has 1 aromatic carbocycles. The first kappa shape index (κ1) is 16.9. The fourth-order valence-corrected chi connectivity index (χ4v) is 3.79. The average Bonchev–Trinajstić information content (AvgIpc) is 2.42. The van der Waals surface area contributed by atoms with E-state index in [-0.39, 0.29) is 11.9 Å². The zero-order valence-corrected chi connectivity index (χ0v) is 15.3. The Morgan fingerprint density at radius 1 is 1.52 bits per heavy atom. The molecule has 1 heterocycles. The van der Waals surface area contributed by atoms with Crippen molar-refractivity contribution in [2.45, 2.75) is 25.8 Å². The van der Waals surface area contributed by atoms with Crippen molar-refractivity contribution < 1.29 is 4.79 Å². The van der Waals surface area contributed by atoms with Crippen molar-refractivity contribution >= 4 is 43.5 Å². The molecule has 0 radical (unpaired) electrons. The number of nitrogens with two attached hydrogens (primary N) is 1. The number of hydrogen-bond donors (Lipinski definition) is 2. The predicted molar refractivity (Wildman–Crippen MR) is 93.3 cm³/mol. The van der Waals surface area contributed by atoms with Crippen LogP contribution < -0.4 is 11.1 Å². The van der Waals surface area contributed by atoms with E-state index in [9.17, 15) is 4.79 Å². The van der Waals surface area contributed by atoms with Crippen LogP contribution in [0.3, 0.4) is 0 Å². The molecule has 2 unspecified atom stereocenters. The summed E-state index contributed by atoms with van der Waals surface area (Å²) in [6.45, 7) is 4.35. The van der Waals surface area contributed by atoms with Gasteiger partial charge in [0.15, 0.2) is 0 Å². The van der Waals surface area contributed by atoms with Crippen molar-refractivity contribution in [1.82, 2.24) is 4.90 Å². The minimum Gasteiger partial charge on any atom is -0.328 e. The number of carbonyl (C=O) groups excluding carboxylic acids is 1. The highest BCUT2D eigenvalue weighted by molar-refractivity contribution is 9.11. The molecule has 1 aromatic rings. The van der Waals surface area contributed by atoms with Crippen LogP contribution in [0.1, 0.15) is 19.8 Å². The Kier molecular flexibility index (Phi) is 6.22. The van der Waals surface area contributed by atoms with Crippen LogP contribution in [0.15, 0.2) is 27.1 Å². The summed E-state index contributed by atoms with van der Waals surface area (Å²) in [5.74, 6) is 0.509. The van der Waals surface area contributed by atoms with E-state index in [1.54, 1.807) is 0 Å². The first-order valence-electron chi connectivity index (χ1n) is 7.18. The van der Waals surface area contributed by atoms with Gasteiger partial charge in [-0.25, -0.2) is 0 Å². The number of amides is 1. The predicted octanol–water partition coefficient (Wildman–Crippen LogP) is 3.21. The molecule has 1 fully saturated rings. The molecule has 1 saturated heterocycles. The Morgan fingerprint density at radius 2 is 2.29 bits per heavy atom. The van der Waals surface area contributed by atoms with E-state index in [1.165, 1.54) is 0 Å². The van der Waals surface area contributed by atoms with Gasteiger partial charge in [-0.1, -0.05) is 15.9 Å². The van der Waals surface area contributed by atoms with Gasteiger partial charge in [-0.15, -0.1) is 0 Å². The minimum absolute atomic E-state index is 0.0170. The Morgan fingerprint density at radius 3 is 2.95 bits per heavy atom. The van der Waals surface area contributed by atoms with Crippen LogP contribution in [0.25, 0.3) is 0 Å². The normalized spacial score (nSPS) is 21.0. The number of nitrogens with zero attached hydrogens (tertiary/aromatic N) is 1. The molecule has 4 nitrogen and oxygen atoms in total. The van der Waals surface area contributed by atoms with Crippen molar-refractivity contribution in [3.8, 4) is 0 Å². The van der Waals surface area contributed by atoms with Crippen LogP contribution in [0.4, 0.5) is 5.69 Å². The summed E-state index contributed by atoms with van der Waals surface area (Å²) < 4.78 is 1.85. The van der Waals surface area contributed by atoms with Crippen LogP contribution in [0, 0.1) is 5.92 Å². The molecule has 1 aliphatic heterocycles. The molecule has 116 valence electrons. The second kappa shape index (κ2) is 7.72. The fraction of sp³-hybridized carbons (Fsp3) is 0.533. The third-order valence-electron chi connectivity index (χ3n) is 3.86. The van der Waals surface area contributed by atoms with Crippen molar-refractivity contribution in [2.24, 2.45) is 11.7 Å². The van der Waals surface area contributed by atoms with E-state index in [2.05, 4.69) is 42.1 Å². The molecule has 1 aliphatic rings. The molecule has 21 heavy (non-hydrogen) atoms. The van der Waals surface area contributed by atoms with E-state index in [4.69, 9.17) is 5.73 Å². The highest BCUT2D eigenvalue weighted by Crippen LogP contribution is 2.26. The lowest BCUT2D eigenvalue weighted by atomic mass is 9.92. The lowest BCUT2D eigenvalue weighted by Crippen LogP contribution is -2.45. The maximum atomic E-state index is 12.2. The Balaban J connectivity index is 1.89. The van der Waals surface area contributed by atoms with Crippen LogP contribution in [0.5, 0.6) is 0 Å². The third-order valence-corrected chi connectivity index (χ3v) is 5.01. The first-order valence-corrected chi connectivity index (χ1v) is 8.77. The van der Waals surface area contributed by atoms with Crippen molar-refractivity contribution in [3.05, 3.63) is 27.1 Å². The molecule has 0 spiro atoms. The van der Waals surface area contributed by atoms with Gasteiger partial charge in [0.2, 0.25) is 5.91 Å². The van der Waals surface area contributed by atoms with Crippen LogP contribution in [0.2, 0.25) is 0 Å². The smallest absolute Gasteiger partial charge is 0.238 e. The number of likely N-dealkylation sites (tertiary alicyclic amines) is 1. The Hall–Kier alpha value is -0.430. The van der Waals surface area contributed by atoms with Gasteiger partial charge in [-0.2, -0.15) is 0 Å². The summed E-state index contributed by atoms with van der Waals surface area (Å²) in [6, 6.07) is 5.90. The summed E-state index contributed by atoms with van der Waals surface area (Å²) in [6.07, 6.45) is 2.27. The van der Waals surface area contributed by atoms with Gasteiger partial charge in [-0.3, -0.25) is 9.69 Å². The SMILES string of the molecule is CC(N)C1CCCN(CC(=O)Nc2ccc(Br)cc2Br)C1. The Bertz CT molecular complexity index is 508. The maximum absolute atomic E-state index is 12.2. The van der Waals surface area contributed by atoms with Gasteiger partial charge < -0.3 is 11.1 Å². The standard InChI is InChI=1S/C15H21Br2N3O/c1-10(18)11-3-2-6-20(8-11)9-15(21)19-14-5-4-12(16)7-13(14)17/h4-5,7,10-11H,2-3,6,8-9,18H2,1H3,(H,19,21). The van der Waals surface area contributed by atoms with Crippen LogP contribution in [-0.4, -0.2) is 36.5 Å². The van der Waals surface area contributed by atoms with E-state index in [0.717, 1.165) is 40.6 Å². The van der Waals surface area contributed by atoms with Gasteiger partial charge in [0.25, 0.3) is 0 Å². The van der Waals surface area contributed by atoms with E-state index in [0.29, 0.717) is 12.5 Å². The van der Waals surface area contributed by atoms with Crippen molar-refractivity contribution in [2.75, 3.05) is 25.0 Å². The maximum Gasteiger partial charge on any atom is 0.238 e. The highest BCUT2D eigenvalue weighted by Gasteiger charge is 2.24. The second-order valence-corrected chi connectivity index (χ2v) is 7.44.